The Morgan fingerprint density at radius 2 is 1.91 bits per heavy atom. The molecule has 0 aliphatic carbocycles. The van der Waals surface area contributed by atoms with Gasteiger partial charge in [0.1, 0.15) is 5.82 Å². The quantitative estimate of drug-likeness (QED) is 0.399. The van der Waals surface area contributed by atoms with Crippen molar-refractivity contribution in [2.45, 2.75) is 24.5 Å². The number of fused-ring (bicyclic) bond motifs is 1. The maximum atomic E-state index is 14.0. The largest absolute Gasteiger partial charge is 0.392 e. The number of aliphatic hydroxyl groups excluding tert-OH is 1. The number of nitrogens with one attached hydrogen (secondary N) is 1. The van der Waals surface area contributed by atoms with Gasteiger partial charge in [-0.3, -0.25) is 9.48 Å². The lowest BCUT2D eigenvalue weighted by atomic mass is 10.1. The van der Waals surface area contributed by atoms with Gasteiger partial charge in [-0.15, -0.1) is 0 Å². The Kier molecular flexibility index (Phi) is 6.70. The lowest BCUT2D eigenvalue weighted by Crippen LogP contribution is -2.15. The summed E-state index contributed by atoms with van der Waals surface area (Å²) in [7, 11) is -3.64. The number of hydrogen-bond acceptors (Lipinski definition) is 5. The molecule has 0 radical (unpaired) electrons. The zero-order valence-corrected chi connectivity index (χ0v) is 19.7. The van der Waals surface area contributed by atoms with Crippen LogP contribution in [0, 0.1) is 5.82 Å². The molecule has 4 rings (SSSR count). The van der Waals surface area contributed by atoms with E-state index in [9.17, 15) is 17.6 Å². The van der Waals surface area contributed by atoms with Crippen LogP contribution in [0.1, 0.15) is 16.7 Å². The van der Waals surface area contributed by atoms with Crippen molar-refractivity contribution in [2.75, 3.05) is 11.6 Å². The van der Waals surface area contributed by atoms with Gasteiger partial charge in [-0.25, -0.2) is 12.8 Å². The first-order chi connectivity index (χ1) is 16.1. The highest BCUT2D eigenvalue weighted by atomic mass is 35.5. The van der Waals surface area contributed by atoms with E-state index >= 15 is 0 Å². The van der Waals surface area contributed by atoms with Crippen LogP contribution in [-0.4, -0.2) is 35.5 Å². The molecular formula is C24H21ClFN3O4S. The minimum absolute atomic E-state index is 0.0195. The summed E-state index contributed by atoms with van der Waals surface area (Å²) in [5.41, 5.74) is 2.08. The molecule has 2 N–H and O–H groups in total. The molecule has 7 nitrogen and oxygen atoms in total. The number of benzene rings is 3. The molecule has 0 unspecified atom stereocenters. The first-order valence-corrected chi connectivity index (χ1v) is 12.5. The van der Waals surface area contributed by atoms with Crippen LogP contribution in [-0.2, 0) is 34.2 Å². The second kappa shape index (κ2) is 9.54. The molecule has 0 bridgehead atoms. The van der Waals surface area contributed by atoms with Crippen molar-refractivity contribution in [3.8, 4) is 0 Å². The standard InChI is InChI=1S/C24H21ClFN3O4S/c1-34(32,33)23-11-18(27-24(31)9-16-4-2-3-5-20(16)25)10-22-19(23)13-29(28-22)12-15-6-7-17(14-30)21(26)8-15/h2-8,10-11,13,30H,9,12,14H2,1H3,(H,27,31). The van der Waals surface area contributed by atoms with E-state index in [1.54, 1.807) is 42.6 Å². The summed E-state index contributed by atoms with van der Waals surface area (Å²) in [6.07, 6.45) is 2.67. The number of anilines is 1. The van der Waals surface area contributed by atoms with Gasteiger partial charge in [-0.1, -0.05) is 41.9 Å². The third-order valence-corrected chi connectivity index (χ3v) is 6.76. The van der Waals surface area contributed by atoms with Crippen LogP contribution < -0.4 is 5.32 Å². The molecule has 0 saturated heterocycles. The summed E-state index contributed by atoms with van der Waals surface area (Å²) >= 11 is 6.12. The first-order valence-electron chi connectivity index (χ1n) is 10.3. The van der Waals surface area contributed by atoms with Gasteiger partial charge in [0, 0.05) is 34.1 Å². The first kappa shape index (κ1) is 23.9. The molecule has 0 aliphatic rings. The van der Waals surface area contributed by atoms with E-state index in [1.165, 1.54) is 22.9 Å². The Morgan fingerprint density at radius 1 is 1.15 bits per heavy atom. The molecule has 10 heteroatoms. The van der Waals surface area contributed by atoms with Gasteiger partial charge in [-0.05, 0) is 35.4 Å². The summed E-state index contributed by atoms with van der Waals surface area (Å²) in [4.78, 5) is 12.6. The molecule has 0 aliphatic heterocycles. The van der Waals surface area contributed by atoms with E-state index in [4.69, 9.17) is 16.7 Å². The van der Waals surface area contributed by atoms with Crippen LogP contribution in [0.25, 0.3) is 10.9 Å². The predicted octanol–water partition coefficient (Wildman–Crippen LogP) is 3.95. The van der Waals surface area contributed by atoms with Crippen LogP contribution in [0.3, 0.4) is 0 Å². The Balaban J connectivity index is 1.65. The third kappa shape index (κ3) is 5.27. The molecule has 3 aromatic carbocycles. The maximum Gasteiger partial charge on any atom is 0.228 e. The fourth-order valence-corrected chi connectivity index (χ4v) is 4.73. The van der Waals surface area contributed by atoms with Crippen molar-refractivity contribution >= 4 is 43.9 Å². The smallest absolute Gasteiger partial charge is 0.228 e. The van der Waals surface area contributed by atoms with E-state index in [1.807, 2.05) is 0 Å². The zero-order valence-electron chi connectivity index (χ0n) is 18.1. The molecule has 176 valence electrons. The normalized spacial score (nSPS) is 11.6. The fourth-order valence-electron chi connectivity index (χ4n) is 3.62. The minimum atomic E-state index is -3.64. The molecule has 0 fully saturated rings. The van der Waals surface area contributed by atoms with Crippen molar-refractivity contribution in [3.05, 3.63) is 88.3 Å². The van der Waals surface area contributed by atoms with Gasteiger partial charge >= 0.3 is 0 Å². The SMILES string of the molecule is CS(=O)(=O)c1cc(NC(=O)Cc2ccccc2Cl)cc2nn(Cc3ccc(CO)c(F)c3)cc12. The number of rotatable bonds is 7. The number of nitrogens with zero attached hydrogens (tertiary/aromatic N) is 2. The lowest BCUT2D eigenvalue weighted by molar-refractivity contribution is -0.115. The minimum Gasteiger partial charge on any atom is -0.392 e. The lowest BCUT2D eigenvalue weighted by Gasteiger charge is -2.09. The Labute approximate surface area is 200 Å². The highest BCUT2D eigenvalue weighted by Crippen LogP contribution is 2.28. The van der Waals surface area contributed by atoms with Crippen LogP contribution in [0.4, 0.5) is 10.1 Å². The van der Waals surface area contributed by atoms with Gasteiger partial charge in [0.25, 0.3) is 0 Å². The molecule has 1 heterocycles. The molecular weight excluding hydrogens is 481 g/mol. The van der Waals surface area contributed by atoms with Gasteiger partial charge < -0.3 is 10.4 Å². The van der Waals surface area contributed by atoms with Gasteiger partial charge in [0.15, 0.2) is 9.84 Å². The van der Waals surface area contributed by atoms with Crippen LogP contribution in [0.2, 0.25) is 5.02 Å². The fraction of sp³-hybridized carbons (Fsp3) is 0.167. The van der Waals surface area contributed by atoms with Crippen molar-refractivity contribution < 1.29 is 22.7 Å². The Morgan fingerprint density at radius 3 is 2.59 bits per heavy atom. The van der Waals surface area contributed by atoms with Gasteiger partial charge in [0.05, 0.1) is 30.0 Å². The maximum absolute atomic E-state index is 14.0. The summed E-state index contributed by atoms with van der Waals surface area (Å²) in [6, 6.07) is 14.4. The molecule has 1 aromatic heterocycles. The van der Waals surface area contributed by atoms with Crippen molar-refractivity contribution in [1.82, 2.24) is 9.78 Å². The van der Waals surface area contributed by atoms with E-state index < -0.39 is 22.3 Å². The summed E-state index contributed by atoms with van der Waals surface area (Å²) in [5.74, 6) is -0.886. The number of carbonyl (C=O) groups is 1. The number of amides is 1. The van der Waals surface area contributed by atoms with E-state index in [-0.39, 0.29) is 35.0 Å². The van der Waals surface area contributed by atoms with Crippen LogP contribution in [0.15, 0.2) is 65.7 Å². The summed E-state index contributed by atoms with van der Waals surface area (Å²) < 4.78 is 40.4. The van der Waals surface area contributed by atoms with E-state index in [0.717, 1.165) is 6.26 Å². The van der Waals surface area contributed by atoms with Gasteiger partial charge in [-0.2, -0.15) is 5.10 Å². The number of sulfone groups is 1. The van der Waals surface area contributed by atoms with E-state index in [0.29, 0.717) is 27.1 Å². The number of hydrogen-bond donors (Lipinski definition) is 2. The number of halogens is 2. The van der Waals surface area contributed by atoms with Crippen molar-refractivity contribution in [2.24, 2.45) is 0 Å². The Hall–Kier alpha value is -3.27. The van der Waals surface area contributed by atoms with E-state index in [2.05, 4.69) is 10.4 Å². The molecule has 0 atom stereocenters. The average Bonchev–Trinajstić information content (AvgIpc) is 3.16. The molecule has 4 aromatic rings. The molecule has 34 heavy (non-hydrogen) atoms. The summed E-state index contributed by atoms with van der Waals surface area (Å²) in [6.45, 7) is -0.213. The monoisotopic (exact) mass is 501 g/mol. The average molecular weight is 502 g/mol. The van der Waals surface area contributed by atoms with Crippen molar-refractivity contribution in [1.29, 1.82) is 0 Å². The molecule has 1 amide bonds. The zero-order chi connectivity index (χ0) is 24.5. The Bertz CT molecular complexity index is 1500. The highest BCUT2D eigenvalue weighted by molar-refractivity contribution is 7.91. The third-order valence-electron chi connectivity index (χ3n) is 5.26. The molecule has 0 spiro atoms. The van der Waals surface area contributed by atoms with Crippen LogP contribution >= 0.6 is 11.6 Å². The summed E-state index contributed by atoms with van der Waals surface area (Å²) in [5, 5.41) is 17.1. The van der Waals surface area contributed by atoms with Crippen LogP contribution in [0.5, 0.6) is 0 Å². The number of aromatic nitrogens is 2. The van der Waals surface area contributed by atoms with Crippen molar-refractivity contribution in [3.63, 3.8) is 0 Å². The number of aliphatic hydroxyl groups is 1. The molecule has 0 saturated carbocycles. The second-order valence-electron chi connectivity index (χ2n) is 7.91. The topological polar surface area (TPSA) is 101 Å². The van der Waals surface area contributed by atoms with Gasteiger partial charge in [0.2, 0.25) is 5.91 Å². The predicted molar refractivity (Wildman–Crippen MR) is 128 cm³/mol. The second-order valence-corrected chi connectivity index (χ2v) is 10.3. The number of carbonyl (C=O) groups excluding carboxylic acids is 1. The highest BCUT2D eigenvalue weighted by Gasteiger charge is 2.18.